The monoisotopic (exact) mass is 1440 g/mol. The van der Waals surface area contributed by atoms with Crippen LogP contribution in [0.3, 0.4) is 0 Å². The number of aromatic nitrogens is 2. The molecule has 0 bridgehead atoms. The third-order valence-electron chi connectivity index (χ3n) is 14.7. The van der Waals surface area contributed by atoms with E-state index in [0.717, 1.165) is 58.7 Å². The van der Waals surface area contributed by atoms with E-state index in [1.807, 2.05) is 115 Å². The van der Waals surface area contributed by atoms with Crippen LogP contribution >= 0.6 is 0 Å². The van der Waals surface area contributed by atoms with Crippen molar-refractivity contribution in [2.75, 3.05) is 89.2 Å². The molecule has 6 rings (SSSR count). The van der Waals surface area contributed by atoms with Gasteiger partial charge in [0.25, 0.3) is 5.91 Å². The van der Waals surface area contributed by atoms with Gasteiger partial charge in [-0.3, -0.25) is 24.2 Å². The van der Waals surface area contributed by atoms with Crippen molar-refractivity contribution < 1.29 is 138 Å². The summed E-state index contributed by atoms with van der Waals surface area (Å²) in [6.07, 6.45) is 5.55. The summed E-state index contributed by atoms with van der Waals surface area (Å²) in [4.78, 5) is 109. The molecule has 2 heterocycles. The molecule has 0 unspecified atom stereocenters. The van der Waals surface area contributed by atoms with Crippen molar-refractivity contribution in [3.8, 4) is 0 Å². The van der Waals surface area contributed by atoms with E-state index in [4.69, 9.17) is 7.85 Å². The zero-order valence-corrected chi connectivity index (χ0v) is 58.4. The maximum atomic E-state index is 13.8. The number of rotatable bonds is 38. The SMILES string of the molecule is [B]C(=O)N(CCNB(C)O)CCN(CCN=CB=O)C(=O)C[C@H](NB(C)O)C(=O)N[C@@H](CCc1ccccc1)C(=O)Nc1cnc2ccccc2c1.[Cl-].[Cl-].[Cl-].[Cl-].[Cl-].[NH3+]CC[NH2+]CCN(CC[NH3+])C(=O)C[C@H]([NH3+])C(=O)N[C@@H](CCc1ccccc1)C(=O)Nc1c[nH+]c2ccccc2c1. The Morgan fingerprint density at radius 3 is 1.77 bits per heavy atom. The Kier molecular flexibility index (Phi) is 46.5. The van der Waals surface area contributed by atoms with E-state index >= 15 is 0 Å². The van der Waals surface area contributed by atoms with E-state index in [9.17, 15) is 48.3 Å². The molecule has 0 fully saturated rings. The van der Waals surface area contributed by atoms with E-state index in [1.54, 1.807) is 17.2 Å². The third kappa shape index (κ3) is 33.8. The Bertz CT molecular complexity index is 3360. The van der Waals surface area contributed by atoms with E-state index in [0.29, 0.717) is 57.4 Å². The van der Waals surface area contributed by atoms with Gasteiger partial charge in [-0.15, -0.1) is 0 Å². The zero-order chi connectivity index (χ0) is 66.6. The van der Waals surface area contributed by atoms with Gasteiger partial charge in [-0.2, -0.15) is 0 Å². The molecule has 0 aliphatic heterocycles. The van der Waals surface area contributed by atoms with E-state index < -0.39 is 74.1 Å². The average Bonchev–Trinajstić information content (AvgIpc) is 0.891. The number of H-pyrrole nitrogens is 1. The molecule has 97 heavy (non-hydrogen) atoms. The normalized spacial score (nSPS) is 11.6. The van der Waals surface area contributed by atoms with Gasteiger partial charge in [0.05, 0.1) is 50.0 Å². The Morgan fingerprint density at radius 2 is 1.19 bits per heavy atom. The Morgan fingerprint density at radius 1 is 0.639 bits per heavy atom. The number of para-hydroxylation sites is 2. The van der Waals surface area contributed by atoms with Crippen LogP contribution in [0.5, 0.6) is 0 Å². The Hall–Kier alpha value is -7.15. The molecular weight excluding hydrogens is 1350 g/mol. The second-order valence-electron chi connectivity index (χ2n) is 22.0. The van der Waals surface area contributed by atoms with Crippen LogP contribution < -0.4 is 121 Å². The number of halogens is 5. The van der Waals surface area contributed by atoms with Gasteiger partial charge in [0.15, 0.2) is 12.2 Å². The van der Waals surface area contributed by atoms with Crippen LogP contribution in [0.25, 0.3) is 21.8 Å². The molecule has 2 radical (unpaired) electrons. The van der Waals surface area contributed by atoms with E-state index in [1.165, 1.54) is 29.6 Å². The van der Waals surface area contributed by atoms with Crippen LogP contribution in [0.2, 0.25) is 13.6 Å². The van der Waals surface area contributed by atoms with E-state index in [2.05, 4.69) is 69.2 Å². The third-order valence-corrected chi connectivity index (χ3v) is 14.7. The number of nitrogens with zero attached hydrogens (tertiary/aromatic N) is 5. The predicted molar refractivity (Wildman–Crippen MR) is 354 cm³/mol. The number of carbonyl (C=O) groups excluding carboxylic acids is 7. The molecule has 7 amide bonds. The fourth-order valence-electron chi connectivity index (χ4n) is 9.78. The Balaban J connectivity index is 0.00000186. The maximum absolute atomic E-state index is 13.8. The van der Waals surface area contributed by atoms with Gasteiger partial charge in [0.2, 0.25) is 17.3 Å². The van der Waals surface area contributed by atoms with Gasteiger partial charge in [-0.1, -0.05) is 91.0 Å². The molecule has 2 aromatic heterocycles. The number of nitrogens with one attached hydrogen (secondary N) is 7. The summed E-state index contributed by atoms with van der Waals surface area (Å²) in [5.74, 6) is -3.33. The van der Waals surface area contributed by atoms with Gasteiger partial charge in [0, 0.05) is 16.8 Å². The number of aliphatic imine (C=N–C) groups is 1. The van der Waals surface area contributed by atoms with Crippen LogP contribution in [0.1, 0.15) is 36.8 Å². The van der Waals surface area contributed by atoms with Crippen LogP contribution in [-0.4, -0.2) is 209 Å². The second kappa shape index (κ2) is 50.2. The minimum absolute atomic E-state index is 0. The van der Waals surface area contributed by atoms with Crippen molar-refractivity contribution in [1.29, 1.82) is 0 Å². The number of fused-ring (bicyclic) bond motifs is 2. The smallest absolute Gasteiger partial charge is 1.00 e. The van der Waals surface area contributed by atoms with Crippen LogP contribution in [0.4, 0.5) is 16.2 Å². The number of quaternary nitrogens is 4. The summed E-state index contributed by atoms with van der Waals surface area (Å²) in [6.45, 7) is 7.66. The molecule has 26 nitrogen and oxygen atoms in total. The predicted octanol–water partition coefficient (Wildman–Crippen LogP) is -18.4. The first kappa shape index (κ1) is 89.8. The number of pyridine rings is 2. The number of hydrogen-bond donors (Lipinski definition) is 12. The number of aromatic amines is 1. The van der Waals surface area contributed by atoms with Gasteiger partial charge >= 0.3 is 184 Å². The summed E-state index contributed by atoms with van der Waals surface area (Å²) in [7, 11) is 4.05. The van der Waals surface area contributed by atoms with Gasteiger partial charge in [-0.25, -0.2) is 4.98 Å². The number of anilines is 2. The van der Waals surface area contributed by atoms with Gasteiger partial charge in [-0.05, 0) is 61.5 Å². The van der Waals surface area contributed by atoms with E-state index in [-0.39, 0.29) is 126 Å². The topological polar surface area (TPSA) is 398 Å². The standard InChI is InChI=1S/C33H44B4N8O7.C29H40N8O3.5ClH/c1-36(51)40-15-17-45(33(34)49)19-18-44(16-14-38-23-35-50)30(46)21-29(43-37(2)52)32(48)42-28(13-12-24-8-4-3-5-9-24)31(47)41-26-20-25-10-6-7-11-27(25)39-22-26;30-12-14-33-15-17-37(16-13-31)27(38)19-24(32)28(39)36-26(11-10-21-6-2-1-3-7-21)29(40)35-23-18-22-8-4-5-9-25(22)34-20-23;;;;;/h3-11,20,22-23,28-29,40,43,51-52H,12-19,21H2,1-2H3,(H,41,47)(H,42,48);1-9,18,20,24,26,33H,10-17,19,30-32H2,(H,35,40)(H,36,39);5*1H/t28-,29-;24-,26-;;;;;/m00...../s1. The molecule has 524 valence electrons. The summed E-state index contributed by atoms with van der Waals surface area (Å²) in [5, 5.41) is 40.5. The Labute approximate surface area is 600 Å². The first-order valence-electron chi connectivity index (χ1n) is 31.1. The minimum atomic E-state index is -1.26. The summed E-state index contributed by atoms with van der Waals surface area (Å²) in [5.41, 5.74) is 16.4. The first-order valence-corrected chi connectivity index (χ1v) is 31.1. The average molecular weight is 1440 g/mol. The summed E-state index contributed by atoms with van der Waals surface area (Å²) < 4.78 is 10.7. The number of carbonyl (C=O) groups is 7. The molecule has 0 spiro atoms. The number of amides is 7. The van der Waals surface area contributed by atoms with Crippen LogP contribution in [-0.2, 0) is 46.3 Å². The van der Waals surface area contributed by atoms with Crippen LogP contribution in [0, 0.1) is 0 Å². The quantitative estimate of drug-likeness (QED) is 0.00975. The van der Waals surface area contributed by atoms with Crippen molar-refractivity contribution in [2.45, 2.75) is 76.3 Å². The fourth-order valence-corrected chi connectivity index (χ4v) is 9.78. The minimum Gasteiger partial charge on any atom is -1.00 e. The summed E-state index contributed by atoms with van der Waals surface area (Å²) in [6, 6.07) is 34.2. The molecule has 4 aromatic carbocycles. The molecule has 6 aromatic rings. The molecule has 20 N–H and O–H groups in total. The molecule has 4 atom stereocenters. The van der Waals surface area contributed by atoms with Gasteiger partial charge in [0.1, 0.15) is 24.8 Å². The number of hydrogen-bond acceptors (Lipinski definition) is 14. The van der Waals surface area contributed by atoms with Crippen molar-refractivity contribution in [3.63, 3.8) is 0 Å². The number of benzene rings is 4. The number of nitrogens with two attached hydrogens (primary N) is 1. The van der Waals surface area contributed by atoms with Crippen molar-refractivity contribution in [1.82, 2.24) is 40.8 Å². The fraction of sp³-hybridized carbons (Fsp3) is 0.387. The molecule has 0 saturated heterocycles. The molecular formula is C62H89B4Cl5N16O10. The van der Waals surface area contributed by atoms with Crippen LogP contribution in [0.15, 0.2) is 139 Å². The zero-order valence-electron chi connectivity index (χ0n) is 54.6. The molecule has 0 aliphatic rings. The first-order chi connectivity index (χ1) is 44.4. The van der Waals surface area contributed by atoms with Gasteiger partial charge < -0.3 is 110 Å². The molecule has 0 saturated carbocycles. The summed E-state index contributed by atoms with van der Waals surface area (Å²) >= 11 is 0. The molecule has 35 heteroatoms. The van der Waals surface area contributed by atoms with Crippen molar-refractivity contribution in [3.05, 3.63) is 145 Å². The van der Waals surface area contributed by atoms with Crippen molar-refractivity contribution in [2.24, 2.45) is 4.99 Å². The number of aryl methyl sites for hydroxylation is 2. The van der Waals surface area contributed by atoms with Crippen molar-refractivity contribution >= 4 is 110 Å². The second-order valence-corrected chi connectivity index (χ2v) is 22.0. The molecule has 0 aliphatic carbocycles.